The number of methoxy groups -OCH3 is 1. The molecule has 2 rings (SSSR count). The molecule has 1 atom stereocenters. The molecule has 0 aromatic carbocycles. The number of hydrogen-bond donors (Lipinski definition) is 1. The van der Waals surface area contributed by atoms with Crippen LogP contribution in [0.4, 0.5) is 4.79 Å². The van der Waals surface area contributed by atoms with Crippen molar-refractivity contribution in [3.63, 3.8) is 0 Å². The van der Waals surface area contributed by atoms with Crippen molar-refractivity contribution in [3.05, 3.63) is 46.5 Å². The molecule has 0 radical (unpaired) electrons. The van der Waals surface area contributed by atoms with Gasteiger partial charge in [0.05, 0.1) is 30.8 Å². The van der Waals surface area contributed by atoms with E-state index in [4.69, 9.17) is 14.2 Å². The molecule has 0 spiro atoms. The maximum atomic E-state index is 13.0. The number of esters is 2. The van der Waals surface area contributed by atoms with E-state index in [0.717, 1.165) is 0 Å². The van der Waals surface area contributed by atoms with Crippen LogP contribution < -0.4 is 5.32 Å². The Bertz CT molecular complexity index is 902. The Morgan fingerprint density at radius 2 is 1.72 bits per heavy atom. The van der Waals surface area contributed by atoms with Gasteiger partial charge in [0.25, 0.3) is 0 Å². The lowest BCUT2D eigenvalue weighted by Gasteiger charge is -2.33. The number of carbonyl (C=O) groups is 3. The standard InChI is InChI=1S/C24H34N2O6/c1-14(2)13-31-22(28)19-16(4)25-15(3)18(21(27)30-8)20(19)17-9-11-26(12-10-17)23(29)32-24(5,6)7/h9-11,14,20,25H,12-13H2,1-8H3. The number of carbonyl (C=O) groups excluding carboxylic acids is 3. The third kappa shape index (κ3) is 6.02. The summed E-state index contributed by atoms with van der Waals surface area (Å²) in [5.74, 6) is -1.54. The van der Waals surface area contributed by atoms with Crippen LogP contribution >= 0.6 is 0 Å². The van der Waals surface area contributed by atoms with Crippen molar-refractivity contribution in [1.82, 2.24) is 10.2 Å². The van der Waals surface area contributed by atoms with E-state index in [2.05, 4.69) is 5.32 Å². The van der Waals surface area contributed by atoms with Crippen LogP contribution in [0.25, 0.3) is 0 Å². The molecular formula is C24H34N2O6. The lowest BCUT2D eigenvalue weighted by molar-refractivity contribution is -0.140. The minimum Gasteiger partial charge on any atom is -0.466 e. The number of allylic oxidation sites excluding steroid dienone is 4. The highest BCUT2D eigenvalue weighted by atomic mass is 16.6. The predicted octanol–water partition coefficient (Wildman–Crippen LogP) is 3.82. The van der Waals surface area contributed by atoms with Gasteiger partial charge in [-0.1, -0.05) is 19.9 Å². The van der Waals surface area contributed by atoms with Crippen molar-refractivity contribution in [2.75, 3.05) is 20.3 Å². The Kier molecular flexibility index (Phi) is 7.93. The van der Waals surface area contributed by atoms with Gasteiger partial charge in [-0.2, -0.15) is 0 Å². The average Bonchev–Trinajstić information content (AvgIpc) is 2.69. The monoisotopic (exact) mass is 446 g/mol. The van der Waals surface area contributed by atoms with Gasteiger partial charge >= 0.3 is 18.0 Å². The molecule has 8 heteroatoms. The number of hydrogen-bond acceptors (Lipinski definition) is 7. The third-order valence-corrected chi connectivity index (χ3v) is 4.87. The lowest BCUT2D eigenvalue weighted by atomic mass is 9.79. The largest absolute Gasteiger partial charge is 0.466 e. The molecule has 1 unspecified atom stereocenters. The summed E-state index contributed by atoms with van der Waals surface area (Å²) in [5, 5.41) is 3.11. The number of nitrogens with one attached hydrogen (secondary N) is 1. The van der Waals surface area contributed by atoms with Crippen LogP contribution in [0.15, 0.2) is 46.5 Å². The summed E-state index contributed by atoms with van der Waals surface area (Å²) in [6.45, 7) is 13.3. The second-order valence-electron chi connectivity index (χ2n) is 9.27. The summed E-state index contributed by atoms with van der Waals surface area (Å²) in [6.07, 6.45) is 4.64. The molecule has 0 fully saturated rings. The van der Waals surface area contributed by atoms with Gasteiger partial charge in [0.2, 0.25) is 0 Å². The maximum Gasteiger partial charge on any atom is 0.414 e. The molecule has 2 aliphatic rings. The number of ether oxygens (including phenoxy) is 3. The van der Waals surface area contributed by atoms with Gasteiger partial charge in [-0.3, -0.25) is 4.90 Å². The van der Waals surface area contributed by atoms with Gasteiger partial charge in [0, 0.05) is 24.1 Å². The van der Waals surface area contributed by atoms with Gasteiger partial charge in [-0.15, -0.1) is 0 Å². The molecule has 0 saturated heterocycles. The minimum atomic E-state index is -0.680. The fraction of sp³-hybridized carbons (Fsp3) is 0.542. The van der Waals surface area contributed by atoms with E-state index >= 15 is 0 Å². The molecule has 0 bridgehead atoms. The van der Waals surface area contributed by atoms with Crippen molar-refractivity contribution in [2.45, 2.75) is 54.1 Å². The van der Waals surface area contributed by atoms with E-state index in [1.165, 1.54) is 12.0 Å². The Balaban J connectivity index is 2.41. The molecule has 0 aromatic rings. The van der Waals surface area contributed by atoms with Gasteiger partial charge < -0.3 is 19.5 Å². The predicted molar refractivity (Wildman–Crippen MR) is 120 cm³/mol. The summed E-state index contributed by atoms with van der Waals surface area (Å²) in [4.78, 5) is 39.5. The van der Waals surface area contributed by atoms with Gasteiger partial charge in [-0.25, -0.2) is 14.4 Å². The number of amides is 1. The van der Waals surface area contributed by atoms with Crippen LogP contribution in [0.2, 0.25) is 0 Å². The molecule has 0 saturated carbocycles. The highest BCUT2D eigenvalue weighted by Gasteiger charge is 2.39. The van der Waals surface area contributed by atoms with Crippen LogP contribution in [0, 0.1) is 11.8 Å². The molecular weight excluding hydrogens is 412 g/mol. The van der Waals surface area contributed by atoms with Crippen LogP contribution in [-0.2, 0) is 23.8 Å². The van der Waals surface area contributed by atoms with Gasteiger partial charge in [-0.05, 0) is 52.2 Å². The normalized spacial score (nSPS) is 19.0. The Morgan fingerprint density at radius 3 is 2.19 bits per heavy atom. The molecule has 0 aliphatic carbocycles. The summed E-state index contributed by atoms with van der Waals surface area (Å²) in [7, 11) is 1.30. The van der Waals surface area contributed by atoms with Crippen LogP contribution in [0.1, 0.15) is 48.5 Å². The quantitative estimate of drug-likeness (QED) is 0.507. The first-order valence-electron chi connectivity index (χ1n) is 10.7. The third-order valence-electron chi connectivity index (χ3n) is 4.87. The maximum absolute atomic E-state index is 13.0. The number of dihydropyridines is 1. The first-order valence-corrected chi connectivity index (χ1v) is 10.7. The first kappa shape index (κ1) is 25.2. The fourth-order valence-corrected chi connectivity index (χ4v) is 3.48. The van der Waals surface area contributed by atoms with E-state index in [1.54, 1.807) is 53.0 Å². The van der Waals surface area contributed by atoms with E-state index < -0.39 is 29.6 Å². The molecule has 176 valence electrons. The highest BCUT2D eigenvalue weighted by Crippen LogP contribution is 2.38. The second kappa shape index (κ2) is 10.1. The van der Waals surface area contributed by atoms with Crippen molar-refractivity contribution < 1.29 is 28.6 Å². The molecule has 8 nitrogen and oxygen atoms in total. The van der Waals surface area contributed by atoms with Gasteiger partial charge in [0.1, 0.15) is 5.60 Å². The molecule has 2 aliphatic heterocycles. The van der Waals surface area contributed by atoms with E-state index in [9.17, 15) is 14.4 Å². The molecule has 2 heterocycles. The van der Waals surface area contributed by atoms with E-state index in [1.807, 2.05) is 13.8 Å². The van der Waals surface area contributed by atoms with Crippen molar-refractivity contribution >= 4 is 18.0 Å². The van der Waals surface area contributed by atoms with Gasteiger partial charge in [0.15, 0.2) is 0 Å². The lowest BCUT2D eigenvalue weighted by Crippen LogP contribution is -2.37. The molecule has 1 N–H and O–H groups in total. The summed E-state index contributed by atoms with van der Waals surface area (Å²) in [5.41, 5.74) is 1.97. The van der Waals surface area contributed by atoms with Crippen molar-refractivity contribution in [1.29, 1.82) is 0 Å². The average molecular weight is 447 g/mol. The highest BCUT2D eigenvalue weighted by molar-refractivity contribution is 5.99. The Labute approximate surface area is 189 Å². The molecule has 0 aromatic heterocycles. The van der Waals surface area contributed by atoms with E-state index in [0.29, 0.717) is 28.1 Å². The summed E-state index contributed by atoms with van der Waals surface area (Å²) >= 11 is 0. The number of rotatable bonds is 5. The SMILES string of the molecule is COC(=O)C1=C(C)NC(C)=C(C(=O)OCC(C)C)C1C1=CCN(C(=O)OC(C)(C)C)C=C1. The zero-order valence-corrected chi connectivity index (χ0v) is 20.2. The molecule has 32 heavy (non-hydrogen) atoms. The topological polar surface area (TPSA) is 94.2 Å². The summed E-state index contributed by atoms with van der Waals surface area (Å²) in [6, 6.07) is 0. The van der Waals surface area contributed by atoms with Crippen molar-refractivity contribution in [2.24, 2.45) is 11.8 Å². The Morgan fingerprint density at radius 1 is 1.12 bits per heavy atom. The zero-order valence-electron chi connectivity index (χ0n) is 20.2. The van der Waals surface area contributed by atoms with Crippen LogP contribution in [0.3, 0.4) is 0 Å². The zero-order chi connectivity index (χ0) is 24.2. The van der Waals surface area contributed by atoms with Crippen molar-refractivity contribution in [3.8, 4) is 0 Å². The Hall–Kier alpha value is -3.03. The fourth-order valence-electron chi connectivity index (χ4n) is 3.48. The minimum absolute atomic E-state index is 0.170. The first-order chi connectivity index (χ1) is 14.9. The van der Waals surface area contributed by atoms with Crippen LogP contribution in [0.5, 0.6) is 0 Å². The van der Waals surface area contributed by atoms with E-state index in [-0.39, 0.29) is 19.1 Å². The number of nitrogens with zero attached hydrogens (tertiary/aromatic N) is 1. The second-order valence-corrected chi connectivity index (χ2v) is 9.27. The van der Waals surface area contributed by atoms with Crippen LogP contribution in [-0.4, -0.2) is 48.8 Å². The summed E-state index contributed by atoms with van der Waals surface area (Å²) < 4.78 is 15.9. The smallest absolute Gasteiger partial charge is 0.414 e. The molecule has 1 amide bonds.